The molecule has 5 rings (SSSR count). The van der Waals surface area contributed by atoms with Gasteiger partial charge in [0.15, 0.2) is 0 Å². The fraction of sp³-hybridized carbons (Fsp3) is 0.115. The Bertz CT molecular complexity index is 1260. The Balaban J connectivity index is 1.65. The molecule has 1 atom stereocenters. The Morgan fingerprint density at radius 2 is 1.77 bits per heavy atom. The van der Waals surface area contributed by atoms with Gasteiger partial charge in [0.1, 0.15) is 0 Å². The van der Waals surface area contributed by atoms with Crippen LogP contribution in [-0.4, -0.2) is 15.5 Å². The first-order valence-corrected chi connectivity index (χ1v) is 10.6. The van der Waals surface area contributed by atoms with Gasteiger partial charge < -0.3 is 14.8 Å². The van der Waals surface area contributed by atoms with Gasteiger partial charge in [0.05, 0.1) is 18.3 Å². The lowest BCUT2D eigenvalue weighted by Crippen LogP contribution is -2.38. The molecule has 4 nitrogen and oxygen atoms in total. The number of hydrogen-bond donors (Lipinski definition) is 1. The van der Waals surface area contributed by atoms with Crippen LogP contribution in [0.1, 0.15) is 28.4 Å². The minimum absolute atomic E-state index is 0.149. The first kappa shape index (κ1) is 19.5. The van der Waals surface area contributed by atoms with Crippen LogP contribution in [0.15, 0.2) is 91.1 Å². The maximum absolute atomic E-state index is 13.7. The summed E-state index contributed by atoms with van der Waals surface area (Å²) in [6.45, 7) is 2.47. The maximum atomic E-state index is 13.7. The number of nitrogens with one attached hydrogen (secondary N) is 1. The predicted octanol–water partition coefficient (Wildman–Crippen LogP) is 6.58. The summed E-state index contributed by atoms with van der Waals surface area (Å²) in [6, 6.07) is 27.4. The smallest absolute Gasteiger partial charge is 0.318 e. The summed E-state index contributed by atoms with van der Waals surface area (Å²) in [5.74, 6) is 0. The van der Waals surface area contributed by atoms with E-state index >= 15 is 0 Å². The molecule has 31 heavy (non-hydrogen) atoms. The predicted molar refractivity (Wildman–Crippen MR) is 125 cm³/mol. The van der Waals surface area contributed by atoms with Crippen molar-refractivity contribution in [3.63, 3.8) is 0 Å². The number of carbonyl (C=O) groups excluding carboxylic acids is 1. The van der Waals surface area contributed by atoms with Gasteiger partial charge in [0.2, 0.25) is 0 Å². The van der Waals surface area contributed by atoms with Crippen molar-refractivity contribution in [3.8, 4) is 5.69 Å². The lowest BCUT2D eigenvalue weighted by Gasteiger charge is -2.31. The Morgan fingerprint density at radius 1 is 0.968 bits per heavy atom. The van der Waals surface area contributed by atoms with E-state index in [-0.39, 0.29) is 12.1 Å². The second kappa shape index (κ2) is 7.97. The van der Waals surface area contributed by atoms with E-state index < -0.39 is 0 Å². The number of para-hydroxylation sites is 2. The van der Waals surface area contributed by atoms with Crippen LogP contribution >= 0.6 is 11.6 Å². The molecule has 1 aliphatic heterocycles. The van der Waals surface area contributed by atoms with Crippen LogP contribution in [0.25, 0.3) is 5.69 Å². The number of halogens is 1. The van der Waals surface area contributed by atoms with Crippen LogP contribution in [-0.2, 0) is 6.54 Å². The topological polar surface area (TPSA) is 37.3 Å². The number of aryl methyl sites for hydroxylation is 1. The molecule has 0 saturated heterocycles. The molecule has 0 spiro atoms. The zero-order chi connectivity index (χ0) is 21.4. The molecule has 0 saturated carbocycles. The van der Waals surface area contributed by atoms with E-state index in [1.165, 1.54) is 0 Å². The number of fused-ring (bicyclic) bond motifs is 3. The number of carbonyl (C=O) groups is 1. The molecule has 2 amide bonds. The summed E-state index contributed by atoms with van der Waals surface area (Å²) in [7, 11) is 0. The highest BCUT2D eigenvalue weighted by Gasteiger charge is 2.33. The largest absolute Gasteiger partial charge is 0.322 e. The summed E-state index contributed by atoms with van der Waals surface area (Å²) in [4.78, 5) is 15.5. The van der Waals surface area contributed by atoms with E-state index in [0.29, 0.717) is 11.6 Å². The number of amides is 2. The molecule has 0 unspecified atom stereocenters. The van der Waals surface area contributed by atoms with Gasteiger partial charge in [-0.25, -0.2) is 4.79 Å². The van der Waals surface area contributed by atoms with Crippen molar-refractivity contribution in [1.82, 2.24) is 9.47 Å². The lowest BCUT2D eigenvalue weighted by atomic mass is 10.0. The first-order valence-electron chi connectivity index (χ1n) is 10.3. The molecule has 0 fully saturated rings. The number of benzene rings is 3. The molecule has 1 aliphatic rings. The standard InChI is InChI=1S/C26H22ClN3O/c1-18-8-2-4-12-22(18)28-26(31)30-17-20-9-3-5-13-23(20)29-15-7-14-24(29)25(30)19-10-6-11-21(27)16-19/h2-16,25H,17H2,1H3,(H,28,31)/t25-/m0/s1. The van der Waals surface area contributed by atoms with Gasteiger partial charge in [-0.2, -0.15) is 0 Å². The van der Waals surface area contributed by atoms with Crippen molar-refractivity contribution in [2.45, 2.75) is 19.5 Å². The van der Waals surface area contributed by atoms with E-state index in [1.807, 2.05) is 78.6 Å². The number of nitrogens with zero attached hydrogens (tertiary/aromatic N) is 2. The number of rotatable bonds is 2. The minimum Gasteiger partial charge on any atom is -0.318 e. The molecule has 154 valence electrons. The fourth-order valence-corrected chi connectivity index (χ4v) is 4.47. The highest BCUT2D eigenvalue weighted by molar-refractivity contribution is 6.30. The van der Waals surface area contributed by atoms with Crippen LogP contribution in [0.2, 0.25) is 5.02 Å². The second-order valence-corrected chi connectivity index (χ2v) is 8.20. The van der Waals surface area contributed by atoms with Gasteiger partial charge in [0.25, 0.3) is 0 Å². The van der Waals surface area contributed by atoms with Gasteiger partial charge in [0, 0.05) is 22.6 Å². The van der Waals surface area contributed by atoms with Gasteiger partial charge in [-0.15, -0.1) is 0 Å². The molecular weight excluding hydrogens is 406 g/mol. The Kier molecular flexibility index (Phi) is 5.00. The Morgan fingerprint density at radius 3 is 2.61 bits per heavy atom. The first-order chi connectivity index (χ1) is 15.1. The van der Waals surface area contributed by atoms with Crippen LogP contribution in [0.4, 0.5) is 10.5 Å². The van der Waals surface area contributed by atoms with Crippen LogP contribution in [0.3, 0.4) is 0 Å². The normalized spacial score (nSPS) is 15.0. The Labute approximate surface area is 186 Å². The zero-order valence-electron chi connectivity index (χ0n) is 17.1. The number of urea groups is 1. The molecule has 1 aromatic heterocycles. The van der Waals surface area contributed by atoms with E-state index in [0.717, 1.165) is 33.8 Å². The van der Waals surface area contributed by atoms with Crippen LogP contribution in [0, 0.1) is 6.92 Å². The van der Waals surface area contributed by atoms with Crippen molar-refractivity contribution in [3.05, 3.63) is 119 Å². The summed E-state index contributed by atoms with van der Waals surface area (Å²) in [6.07, 6.45) is 2.05. The minimum atomic E-state index is -0.287. The van der Waals surface area contributed by atoms with E-state index in [9.17, 15) is 4.79 Å². The molecule has 5 heteroatoms. The number of anilines is 1. The molecule has 0 bridgehead atoms. The molecule has 4 aromatic rings. The average Bonchev–Trinajstić information content (AvgIpc) is 3.19. The lowest BCUT2D eigenvalue weighted by molar-refractivity contribution is 0.194. The quantitative estimate of drug-likeness (QED) is 0.385. The Hall–Kier alpha value is -3.50. The molecule has 0 radical (unpaired) electrons. The zero-order valence-corrected chi connectivity index (χ0v) is 17.9. The summed E-state index contributed by atoms with van der Waals surface area (Å²) in [5.41, 5.74) is 6.00. The summed E-state index contributed by atoms with van der Waals surface area (Å²) < 4.78 is 2.17. The molecule has 1 N–H and O–H groups in total. The van der Waals surface area contributed by atoms with Crippen LogP contribution in [0.5, 0.6) is 0 Å². The van der Waals surface area contributed by atoms with Gasteiger partial charge >= 0.3 is 6.03 Å². The molecule has 3 aromatic carbocycles. The van der Waals surface area contributed by atoms with Crippen LogP contribution < -0.4 is 5.32 Å². The van der Waals surface area contributed by atoms with E-state index in [1.54, 1.807) is 0 Å². The monoisotopic (exact) mass is 427 g/mol. The van der Waals surface area contributed by atoms with E-state index in [4.69, 9.17) is 11.6 Å². The van der Waals surface area contributed by atoms with Gasteiger partial charge in [-0.05, 0) is 60.0 Å². The number of aromatic nitrogens is 1. The molecular formula is C26H22ClN3O. The van der Waals surface area contributed by atoms with Crippen molar-refractivity contribution in [2.75, 3.05) is 5.32 Å². The third-order valence-corrected chi connectivity index (χ3v) is 6.01. The maximum Gasteiger partial charge on any atom is 0.322 e. The van der Waals surface area contributed by atoms with Gasteiger partial charge in [-0.1, -0.05) is 60.1 Å². The van der Waals surface area contributed by atoms with Crippen molar-refractivity contribution >= 4 is 23.3 Å². The molecule has 2 heterocycles. The SMILES string of the molecule is Cc1ccccc1NC(=O)N1Cc2ccccc2-n2cccc2[C@@H]1c1cccc(Cl)c1. The fourth-order valence-electron chi connectivity index (χ4n) is 4.27. The van der Waals surface area contributed by atoms with Crippen molar-refractivity contribution in [1.29, 1.82) is 0 Å². The second-order valence-electron chi connectivity index (χ2n) is 7.76. The van der Waals surface area contributed by atoms with Crippen molar-refractivity contribution in [2.24, 2.45) is 0 Å². The molecule has 0 aliphatic carbocycles. The highest BCUT2D eigenvalue weighted by Crippen LogP contribution is 2.37. The summed E-state index contributed by atoms with van der Waals surface area (Å²) >= 11 is 6.35. The third-order valence-electron chi connectivity index (χ3n) is 5.78. The number of hydrogen-bond acceptors (Lipinski definition) is 1. The van der Waals surface area contributed by atoms with Crippen molar-refractivity contribution < 1.29 is 4.79 Å². The summed E-state index contributed by atoms with van der Waals surface area (Å²) in [5, 5.41) is 3.77. The average molecular weight is 428 g/mol. The van der Waals surface area contributed by atoms with Gasteiger partial charge in [-0.3, -0.25) is 0 Å². The van der Waals surface area contributed by atoms with E-state index in [2.05, 4.69) is 34.3 Å². The third kappa shape index (κ3) is 3.60. The highest BCUT2D eigenvalue weighted by atomic mass is 35.5.